The number of rotatable bonds is 6. The van der Waals surface area contributed by atoms with Crippen LogP contribution < -0.4 is 24.7 Å². The normalized spacial score (nSPS) is 11.0. The lowest BCUT2D eigenvalue weighted by Crippen LogP contribution is -1.97. The molecule has 0 heterocycles. The lowest BCUT2D eigenvalue weighted by Gasteiger charge is -2.14. The second-order valence-corrected chi connectivity index (χ2v) is 4.75. The Hall–Kier alpha value is -2.82. The minimum atomic E-state index is 0.638. The summed E-state index contributed by atoms with van der Waals surface area (Å²) in [6.07, 6.45) is 1.55. The largest absolute Gasteiger partial charge is 0.497 e. The van der Waals surface area contributed by atoms with Crippen LogP contribution in [-0.4, -0.2) is 28.4 Å². The van der Waals surface area contributed by atoms with Gasteiger partial charge in [0.15, 0.2) is 11.5 Å². The van der Waals surface area contributed by atoms with E-state index >= 15 is 0 Å². The molecule has 23 heavy (non-hydrogen) atoms. The molecule has 0 fully saturated rings. The van der Waals surface area contributed by atoms with Gasteiger partial charge in [-0.2, -0.15) is 0 Å². The Morgan fingerprint density at radius 2 is 1.35 bits per heavy atom. The van der Waals surface area contributed by atoms with E-state index in [4.69, 9.17) is 24.7 Å². The second kappa shape index (κ2) is 7.45. The van der Waals surface area contributed by atoms with E-state index in [1.165, 1.54) is 0 Å². The molecule has 5 heteroatoms. The first-order valence-electron chi connectivity index (χ1n) is 7.04. The van der Waals surface area contributed by atoms with Crippen molar-refractivity contribution in [2.45, 2.75) is 0 Å². The summed E-state index contributed by atoms with van der Waals surface area (Å²) >= 11 is 0. The number of hydrogen-bond donors (Lipinski definition) is 1. The molecule has 2 aromatic carbocycles. The molecule has 0 aromatic heterocycles. The lowest BCUT2D eigenvalue weighted by atomic mass is 9.98. The van der Waals surface area contributed by atoms with Gasteiger partial charge in [-0.15, -0.1) is 0 Å². The first kappa shape index (κ1) is 16.5. The molecule has 0 bridgehead atoms. The number of ether oxygens (including phenoxy) is 4. The third kappa shape index (κ3) is 3.51. The standard InChI is InChI=1S/C18H21NO4/c1-20-14-7-13(8-15(10-14)21-2)16(11-19)12-5-6-17(22-3)18(9-12)23-4/h5-11H,19H2,1-4H3/b16-11-. The van der Waals surface area contributed by atoms with Crippen LogP contribution in [0.5, 0.6) is 23.0 Å². The third-order valence-electron chi connectivity index (χ3n) is 3.52. The maximum Gasteiger partial charge on any atom is 0.161 e. The van der Waals surface area contributed by atoms with E-state index in [2.05, 4.69) is 0 Å². The van der Waals surface area contributed by atoms with Crippen LogP contribution in [0.15, 0.2) is 42.6 Å². The molecule has 0 spiro atoms. The molecule has 0 aliphatic heterocycles. The molecule has 5 nitrogen and oxygen atoms in total. The summed E-state index contributed by atoms with van der Waals surface area (Å²) in [6.45, 7) is 0. The van der Waals surface area contributed by atoms with Crippen molar-refractivity contribution in [3.05, 3.63) is 53.7 Å². The Morgan fingerprint density at radius 3 is 1.83 bits per heavy atom. The lowest BCUT2D eigenvalue weighted by molar-refractivity contribution is 0.355. The monoisotopic (exact) mass is 315 g/mol. The van der Waals surface area contributed by atoms with E-state index in [0.29, 0.717) is 23.0 Å². The molecule has 0 aliphatic rings. The number of methoxy groups -OCH3 is 4. The minimum Gasteiger partial charge on any atom is -0.497 e. The van der Waals surface area contributed by atoms with Crippen molar-refractivity contribution in [1.82, 2.24) is 0 Å². The van der Waals surface area contributed by atoms with Crippen molar-refractivity contribution < 1.29 is 18.9 Å². The van der Waals surface area contributed by atoms with Gasteiger partial charge < -0.3 is 24.7 Å². The molecule has 122 valence electrons. The Morgan fingerprint density at radius 1 is 0.739 bits per heavy atom. The molecular formula is C18H21NO4. The number of benzene rings is 2. The molecule has 2 rings (SSSR count). The molecule has 0 radical (unpaired) electrons. The molecule has 2 aromatic rings. The zero-order chi connectivity index (χ0) is 16.8. The molecule has 0 atom stereocenters. The molecule has 0 aliphatic carbocycles. The van der Waals surface area contributed by atoms with E-state index in [0.717, 1.165) is 16.7 Å². The van der Waals surface area contributed by atoms with Crippen LogP contribution in [0.2, 0.25) is 0 Å². The Kier molecular flexibility index (Phi) is 5.36. The maximum absolute atomic E-state index is 5.87. The third-order valence-corrected chi connectivity index (χ3v) is 3.52. The summed E-state index contributed by atoms with van der Waals surface area (Å²) < 4.78 is 21.3. The molecule has 0 saturated heterocycles. The second-order valence-electron chi connectivity index (χ2n) is 4.75. The van der Waals surface area contributed by atoms with Crippen molar-refractivity contribution in [1.29, 1.82) is 0 Å². The van der Waals surface area contributed by atoms with E-state index in [1.807, 2.05) is 36.4 Å². The summed E-state index contributed by atoms with van der Waals surface area (Å²) in [4.78, 5) is 0. The average Bonchev–Trinajstić information content (AvgIpc) is 2.61. The van der Waals surface area contributed by atoms with Crippen LogP contribution in [0.4, 0.5) is 0 Å². The summed E-state index contributed by atoms with van der Waals surface area (Å²) in [7, 11) is 6.42. The fourth-order valence-corrected chi connectivity index (χ4v) is 2.33. The van der Waals surface area contributed by atoms with Crippen LogP contribution in [0.3, 0.4) is 0 Å². The summed E-state index contributed by atoms with van der Waals surface area (Å²) in [6, 6.07) is 11.3. The number of nitrogens with two attached hydrogens (primary N) is 1. The van der Waals surface area contributed by atoms with E-state index in [1.54, 1.807) is 34.6 Å². The highest BCUT2D eigenvalue weighted by Crippen LogP contribution is 2.34. The van der Waals surface area contributed by atoms with Gasteiger partial charge >= 0.3 is 0 Å². The van der Waals surface area contributed by atoms with Gasteiger partial charge in [-0.1, -0.05) is 6.07 Å². The zero-order valence-electron chi connectivity index (χ0n) is 13.8. The van der Waals surface area contributed by atoms with Gasteiger partial charge in [0, 0.05) is 17.8 Å². The highest BCUT2D eigenvalue weighted by atomic mass is 16.5. The predicted molar refractivity (Wildman–Crippen MR) is 90.4 cm³/mol. The van der Waals surface area contributed by atoms with Crippen molar-refractivity contribution in [3.63, 3.8) is 0 Å². The van der Waals surface area contributed by atoms with Gasteiger partial charge in [0.25, 0.3) is 0 Å². The van der Waals surface area contributed by atoms with Crippen LogP contribution in [0.25, 0.3) is 5.57 Å². The Bertz CT molecular complexity index is 688. The van der Waals surface area contributed by atoms with Crippen LogP contribution in [-0.2, 0) is 0 Å². The van der Waals surface area contributed by atoms with Gasteiger partial charge in [0.05, 0.1) is 28.4 Å². The molecule has 0 unspecified atom stereocenters. The van der Waals surface area contributed by atoms with E-state index < -0.39 is 0 Å². The minimum absolute atomic E-state index is 0.638. The molecule has 2 N–H and O–H groups in total. The van der Waals surface area contributed by atoms with E-state index in [9.17, 15) is 0 Å². The highest BCUT2D eigenvalue weighted by molar-refractivity contribution is 5.81. The summed E-state index contributed by atoms with van der Waals surface area (Å²) in [5, 5.41) is 0. The zero-order valence-corrected chi connectivity index (χ0v) is 13.8. The maximum atomic E-state index is 5.87. The van der Waals surface area contributed by atoms with Crippen LogP contribution >= 0.6 is 0 Å². The van der Waals surface area contributed by atoms with Crippen molar-refractivity contribution in [2.24, 2.45) is 5.73 Å². The fraction of sp³-hybridized carbons (Fsp3) is 0.222. The van der Waals surface area contributed by atoms with Crippen LogP contribution in [0.1, 0.15) is 11.1 Å². The molecule has 0 amide bonds. The van der Waals surface area contributed by atoms with E-state index in [-0.39, 0.29) is 0 Å². The van der Waals surface area contributed by atoms with Crippen molar-refractivity contribution in [3.8, 4) is 23.0 Å². The van der Waals surface area contributed by atoms with Crippen molar-refractivity contribution >= 4 is 5.57 Å². The number of hydrogen-bond acceptors (Lipinski definition) is 5. The summed E-state index contributed by atoms with van der Waals surface area (Å²) in [5.74, 6) is 2.69. The van der Waals surface area contributed by atoms with Gasteiger partial charge in [-0.05, 0) is 35.4 Å². The van der Waals surface area contributed by atoms with Crippen molar-refractivity contribution in [2.75, 3.05) is 28.4 Å². The first-order valence-corrected chi connectivity index (χ1v) is 7.04. The molecule has 0 saturated carbocycles. The average molecular weight is 315 g/mol. The van der Waals surface area contributed by atoms with Gasteiger partial charge in [0.2, 0.25) is 0 Å². The quantitative estimate of drug-likeness (QED) is 0.887. The van der Waals surface area contributed by atoms with Gasteiger partial charge in [0.1, 0.15) is 11.5 Å². The summed E-state index contributed by atoms with van der Waals surface area (Å²) in [5.41, 5.74) is 8.49. The van der Waals surface area contributed by atoms with Gasteiger partial charge in [-0.3, -0.25) is 0 Å². The first-order chi connectivity index (χ1) is 11.2. The smallest absolute Gasteiger partial charge is 0.161 e. The Balaban J connectivity index is 2.52. The molecular weight excluding hydrogens is 294 g/mol. The SMILES string of the molecule is COc1cc(OC)cc(/C(=C\N)c2ccc(OC)c(OC)c2)c1. The highest BCUT2D eigenvalue weighted by Gasteiger charge is 2.12. The fourth-order valence-electron chi connectivity index (χ4n) is 2.33. The van der Waals surface area contributed by atoms with Crippen LogP contribution in [0, 0.1) is 0 Å². The Labute approximate surface area is 136 Å². The topological polar surface area (TPSA) is 62.9 Å². The predicted octanol–water partition coefficient (Wildman–Crippen LogP) is 3.07. The van der Waals surface area contributed by atoms with Gasteiger partial charge in [-0.25, -0.2) is 0 Å².